The molecule has 0 aliphatic carbocycles. The lowest BCUT2D eigenvalue weighted by molar-refractivity contribution is 1.08. The number of nitrogens with two attached hydrogens (primary N) is 1. The summed E-state index contributed by atoms with van der Waals surface area (Å²) in [6.45, 7) is 0.327. The molecule has 0 saturated carbocycles. The van der Waals surface area contributed by atoms with Gasteiger partial charge >= 0.3 is 0 Å². The summed E-state index contributed by atoms with van der Waals surface area (Å²) in [4.78, 5) is 8.33. The van der Waals surface area contributed by atoms with Gasteiger partial charge in [0.25, 0.3) is 0 Å². The van der Waals surface area contributed by atoms with Crippen LogP contribution in [0.25, 0.3) is 0 Å². The number of anilines is 3. The standard InChI is InChI=1S/C11H12ClN5/c12-8-2-1-3-9(6-8)16-11-14-5-4-10(17-11)15-7-13/h1-6H,7,13H2,(H2,14,15,16,17). The fourth-order valence-electron chi connectivity index (χ4n) is 1.32. The van der Waals surface area contributed by atoms with Gasteiger partial charge in [-0.15, -0.1) is 0 Å². The lowest BCUT2D eigenvalue weighted by Crippen LogP contribution is -2.12. The first-order valence-corrected chi connectivity index (χ1v) is 5.45. The molecule has 0 saturated heterocycles. The summed E-state index contributed by atoms with van der Waals surface area (Å²) in [5.74, 6) is 1.16. The van der Waals surface area contributed by atoms with Gasteiger partial charge in [-0.2, -0.15) is 4.98 Å². The molecule has 88 valence electrons. The molecule has 5 nitrogen and oxygen atoms in total. The molecule has 0 bridgehead atoms. The van der Waals surface area contributed by atoms with Crippen molar-refractivity contribution in [2.75, 3.05) is 17.3 Å². The molecule has 1 aromatic carbocycles. The molecule has 0 aliphatic rings. The SMILES string of the molecule is NCNc1ccnc(Nc2cccc(Cl)c2)n1. The molecule has 0 spiro atoms. The maximum Gasteiger partial charge on any atom is 0.229 e. The van der Waals surface area contributed by atoms with Crippen molar-refractivity contribution in [2.24, 2.45) is 5.73 Å². The van der Waals surface area contributed by atoms with Crippen molar-refractivity contribution in [3.63, 3.8) is 0 Å². The summed E-state index contributed by atoms with van der Waals surface area (Å²) in [6, 6.07) is 9.09. The number of rotatable bonds is 4. The normalized spacial score (nSPS) is 10.0. The largest absolute Gasteiger partial charge is 0.358 e. The summed E-state index contributed by atoms with van der Waals surface area (Å²) in [5, 5.41) is 6.62. The topological polar surface area (TPSA) is 75.9 Å². The maximum absolute atomic E-state index is 5.88. The molecule has 0 unspecified atom stereocenters. The van der Waals surface area contributed by atoms with Crippen molar-refractivity contribution >= 4 is 29.1 Å². The minimum absolute atomic E-state index is 0.327. The number of hydrogen-bond donors (Lipinski definition) is 3. The molecule has 17 heavy (non-hydrogen) atoms. The summed E-state index contributed by atoms with van der Waals surface area (Å²) >= 11 is 5.88. The van der Waals surface area contributed by atoms with E-state index in [9.17, 15) is 0 Å². The Hall–Kier alpha value is -1.85. The second-order valence-electron chi connectivity index (χ2n) is 3.28. The number of nitrogens with one attached hydrogen (secondary N) is 2. The van der Waals surface area contributed by atoms with Crippen LogP contribution >= 0.6 is 11.6 Å². The van der Waals surface area contributed by atoms with E-state index in [0.717, 1.165) is 5.69 Å². The second-order valence-corrected chi connectivity index (χ2v) is 3.72. The van der Waals surface area contributed by atoms with Crippen LogP contribution in [0, 0.1) is 0 Å². The van der Waals surface area contributed by atoms with Crippen LogP contribution in [0.5, 0.6) is 0 Å². The van der Waals surface area contributed by atoms with E-state index in [4.69, 9.17) is 17.3 Å². The van der Waals surface area contributed by atoms with E-state index >= 15 is 0 Å². The fourth-order valence-corrected chi connectivity index (χ4v) is 1.51. The molecule has 0 atom stereocenters. The van der Waals surface area contributed by atoms with Crippen molar-refractivity contribution < 1.29 is 0 Å². The van der Waals surface area contributed by atoms with E-state index in [0.29, 0.717) is 23.5 Å². The quantitative estimate of drug-likeness (QED) is 0.725. The van der Waals surface area contributed by atoms with E-state index < -0.39 is 0 Å². The van der Waals surface area contributed by atoms with Crippen LogP contribution in [0.2, 0.25) is 5.02 Å². The minimum Gasteiger partial charge on any atom is -0.358 e. The van der Waals surface area contributed by atoms with Gasteiger partial charge in [-0.05, 0) is 24.3 Å². The number of benzene rings is 1. The van der Waals surface area contributed by atoms with Crippen LogP contribution in [0.3, 0.4) is 0 Å². The van der Waals surface area contributed by atoms with Gasteiger partial charge in [-0.25, -0.2) is 4.98 Å². The highest BCUT2D eigenvalue weighted by atomic mass is 35.5. The van der Waals surface area contributed by atoms with Crippen LogP contribution in [0.1, 0.15) is 0 Å². The van der Waals surface area contributed by atoms with Crippen molar-refractivity contribution in [3.8, 4) is 0 Å². The molecule has 1 aromatic heterocycles. The predicted octanol–water partition coefficient (Wildman–Crippen LogP) is 2.20. The van der Waals surface area contributed by atoms with Crippen LogP contribution in [-0.4, -0.2) is 16.6 Å². The zero-order valence-corrected chi connectivity index (χ0v) is 9.78. The van der Waals surface area contributed by atoms with Crippen LogP contribution in [0.4, 0.5) is 17.5 Å². The van der Waals surface area contributed by atoms with Crippen molar-refractivity contribution in [1.82, 2.24) is 9.97 Å². The maximum atomic E-state index is 5.88. The molecule has 2 aromatic rings. The average Bonchev–Trinajstić information content (AvgIpc) is 2.30. The first-order valence-electron chi connectivity index (χ1n) is 5.07. The highest BCUT2D eigenvalue weighted by Crippen LogP contribution is 2.18. The Bertz CT molecular complexity index is 503. The Morgan fingerprint density at radius 1 is 1.29 bits per heavy atom. The first-order chi connectivity index (χ1) is 8.28. The van der Waals surface area contributed by atoms with E-state index in [1.54, 1.807) is 24.4 Å². The lowest BCUT2D eigenvalue weighted by Gasteiger charge is -2.07. The Morgan fingerprint density at radius 3 is 2.94 bits per heavy atom. The highest BCUT2D eigenvalue weighted by Gasteiger charge is 1.99. The molecule has 0 aliphatic heterocycles. The van der Waals surface area contributed by atoms with Crippen LogP contribution < -0.4 is 16.4 Å². The smallest absolute Gasteiger partial charge is 0.229 e. The van der Waals surface area contributed by atoms with E-state index in [-0.39, 0.29) is 0 Å². The van der Waals surface area contributed by atoms with Crippen molar-refractivity contribution in [3.05, 3.63) is 41.6 Å². The Balaban J connectivity index is 2.15. The lowest BCUT2D eigenvalue weighted by atomic mass is 10.3. The van der Waals surface area contributed by atoms with E-state index in [1.807, 2.05) is 12.1 Å². The predicted molar refractivity (Wildman–Crippen MR) is 69.4 cm³/mol. The van der Waals surface area contributed by atoms with E-state index in [1.165, 1.54) is 0 Å². The van der Waals surface area contributed by atoms with Crippen LogP contribution in [-0.2, 0) is 0 Å². The minimum atomic E-state index is 0.327. The molecule has 1 heterocycles. The van der Waals surface area contributed by atoms with Gasteiger partial charge in [-0.3, -0.25) is 0 Å². The Morgan fingerprint density at radius 2 is 2.18 bits per heavy atom. The van der Waals surface area contributed by atoms with Crippen LogP contribution in [0.15, 0.2) is 36.5 Å². The zero-order chi connectivity index (χ0) is 12.1. The van der Waals surface area contributed by atoms with Crippen molar-refractivity contribution in [1.29, 1.82) is 0 Å². The monoisotopic (exact) mass is 249 g/mol. The first kappa shape index (κ1) is 11.6. The van der Waals surface area contributed by atoms with Crippen molar-refractivity contribution in [2.45, 2.75) is 0 Å². The van der Waals surface area contributed by atoms with Gasteiger partial charge in [0.1, 0.15) is 5.82 Å². The van der Waals surface area contributed by atoms with Gasteiger partial charge < -0.3 is 16.4 Å². The summed E-state index contributed by atoms with van der Waals surface area (Å²) in [7, 11) is 0. The second kappa shape index (κ2) is 5.47. The Kier molecular flexibility index (Phi) is 3.74. The number of aromatic nitrogens is 2. The molecular weight excluding hydrogens is 238 g/mol. The summed E-state index contributed by atoms with van der Waals surface area (Å²) in [5.41, 5.74) is 6.21. The Labute approximate surface area is 104 Å². The van der Waals surface area contributed by atoms with Gasteiger partial charge in [0.05, 0.1) is 6.67 Å². The molecule has 6 heteroatoms. The van der Waals surface area contributed by atoms with Gasteiger partial charge in [0.2, 0.25) is 5.95 Å². The van der Waals surface area contributed by atoms with Gasteiger partial charge in [0.15, 0.2) is 0 Å². The summed E-state index contributed by atoms with van der Waals surface area (Å²) in [6.07, 6.45) is 1.65. The third-order valence-electron chi connectivity index (χ3n) is 2.02. The molecule has 0 amide bonds. The average molecular weight is 250 g/mol. The summed E-state index contributed by atoms with van der Waals surface area (Å²) < 4.78 is 0. The zero-order valence-electron chi connectivity index (χ0n) is 9.02. The van der Waals surface area contributed by atoms with E-state index in [2.05, 4.69) is 20.6 Å². The molecular formula is C11H12ClN5. The molecule has 2 rings (SSSR count). The molecule has 0 radical (unpaired) electrons. The highest BCUT2D eigenvalue weighted by molar-refractivity contribution is 6.30. The third-order valence-corrected chi connectivity index (χ3v) is 2.25. The molecule has 4 N–H and O–H groups in total. The van der Waals surface area contributed by atoms with Gasteiger partial charge in [-0.1, -0.05) is 17.7 Å². The number of nitrogens with zero attached hydrogens (tertiary/aromatic N) is 2. The van der Waals surface area contributed by atoms with Gasteiger partial charge in [0, 0.05) is 16.9 Å². The number of hydrogen-bond acceptors (Lipinski definition) is 5. The fraction of sp³-hybridized carbons (Fsp3) is 0.0909. The number of halogens is 1. The third kappa shape index (κ3) is 3.30. The molecule has 0 fully saturated rings.